The average molecular weight is 721 g/mol. The second-order valence-corrected chi connectivity index (χ2v) is 13.8. The zero-order valence-corrected chi connectivity index (χ0v) is 31.2. The van der Waals surface area contributed by atoms with Crippen molar-refractivity contribution in [2.45, 2.75) is 13.5 Å². The van der Waals surface area contributed by atoms with Gasteiger partial charge in [0, 0.05) is 29.2 Å². The minimum absolute atomic E-state index is 0.496. The smallest absolute Gasteiger partial charge is 0.0991 e. The Balaban J connectivity index is 0.000000132. The molecular weight excluding hydrogens is 681 g/mol. The van der Waals surface area contributed by atoms with Gasteiger partial charge in [-0.1, -0.05) is 157 Å². The van der Waals surface area contributed by atoms with Gasteiger partial charge >= 0.3 is 0 Å². The van der Waals surface area contributed by atoms with E-state index in [1.165, 1.54) is 71.5 Å². The summed E-state index contributed by atoms with van der Waals surface area (Å²) < 4.78 is 2.33. The number of nitriles is 1. The topological polar surface area (TPSA) is 78.6 Å². The number of hydrogen-bond donors (Lipinski definition) is 2. The molecule has 0 aliphatic rings. The standard InChI is InChI=1S/C25H18N2.C19H14.C8H8N2/c26-17-18-12-14-19(15-13-18)20-6-5-7-21(16-20)27-24-10-3-1-8-22(24)23-9-2-4-11-25(23)27;1-13-10-11-18-16-8-3-2-6-14(16)15-7-4-5-9-17(15)19(18)12-13;9-5-7-2-1-3-8(4-7)6-10/h1-17,26H;2-12H,1H3;1-4H,5,9H2. The third-order valence-corrected chi connectivity index (χ3v) is 10.3. The van der Waals surface area contributed by atoms with Gasteiger partial charge in [0.2, 0.25) is 0 Å². The van der Waals surface area contributed by atoms with Gasteiger partial charge in [-0.2, -0.15) is 5.26 Å². The fourth-order valence-corrected chi connectivity index (χ4v) is 7.59. The van der Waals surface area contributed by atoms with Crippen LogP contribution in [0.1, 0.15) is 22.3 Å². The molecule has 0 fully saturated rings. The molecule has 0 saturated heterocycles. The second-order valence-electron chi connectivity index (χ2n) is 13.8. The first-order valence-electron chi connectivity index (χ1n) is 18.7. The highest BCUT2D eigenvalue weighted by atomic mass is 15.0. The third kappa shape index (κ3) is 7.03. The van der Waals surface area contributed by atoms with Crippen LogP contribution in [0.5, 0.6) is 0 Å². The lowest BCUT2D eigenvalue weighted by molar-refractivity contribution is 1.07. The Morgan fingerprint density at radius 1 is 0.518 bits per heavy atom. The largest absolute Gasteiger partial charge is 0.326 e. The Hall–Kier alpha value is -7.32. The van der Waals surface area contributed by atoms with E-state index in [0.717, 1.165) is 22.4 Å². The van der Waals surface area contributed by atoms with Crippen molar-refractivity contribution in [1.29, 1.82) is 10.7 Å². The highest BCUT2D eigenvalue weighted by Gasteiger charge is 2.12. The number of rotatable bonds is 4. The van der Waals surface area contributed by atoms with Gasteiger partial charge in [0.1, 0.15) is 0 Å². The molecule has 1 aromatic heterocycles. The summed E-state index contributed by atoms with van der Waals surface area (Å²) in [6.07, 6.45) is 1.37. The van der Waals surface area contributed by atoms with Gasteiger partial charge in [0.15, 0.2) is 0 Å². The summed E-state index contributed by atoms with van der Waals surface area (Å²) in [5.41, 5.74) is 15.2. The van der Waals surface area contributed by atoms with Gasteiger partial charge in [-0.25, -0.2) is 0 Å². The Morgan fingerprint density at radius 2 is 1.05 bits per heavy atom. The lowest BCUT2D eigenvalue weighted by atomic mass is 9.93. The Bertz CT molecular complexity index is 2970. The first kappa shape index (κ1) is 35.7. The molecule has 4 heteroatoms. The van der Waals surface area contributed by atoms with Crippen molar-refractivity contribution in [1.82, 2.24) is 4.57 Å². The highest BCUT2D eigenvalue weighted by Crippen LogP contribution is 2.36. The molecule has 0 spiro atoms. The van der Waals surface area contributed by atoms with Gasteiger partial charge in [-0.3, -0.25) is 0 Å². The predicted molar refractivity (Wildman–Crippen MR) is 237 cm³/mol. The summed E-state index contributed by atoms with van der Waals surface area (Å²) in [6.45, 7) is 2.65. The summed E-state index contributed by atoms with van der Waals surface area (Å²) >= 11 is 0. The molecule has 56 heavy (non-hydrogen) atoms. The van der Waals surface area contributed by atoms with Crippen molar-refractivity contribution in [3.8, 4) is 22.9 Å². The van der Waals surface area contributed by atoms with Crippen molar-refractivity contribution in [3.05, 3.63) is 210 Å². The molecule has 0 bridgehead atoms. The van der Waals surface area contributed by atoms with Crippen LogP contribution in [0.4, 0.5) is 0 Å². The second kappa shape index (κ2) is 16.0. The van der Waals surface area contributed by atoms with E-state index >= 15 is 0 Å². The number of para-hydroxylation sites is 2. The quantitative estimate of drug-likeness (QED) is 0.140. The third-order valence-electron chi connectivity index (χ3n) is 10.3. The van der Waals surface area contributed by atoms with E-state index in [-0.39, 0.29) is 0 Å². The summed E-state index contributed by atoms with van der Waals surface area (Å²) in [5.74, 6) is 0. The molecule has 0 amide bonds. The molecule has 4 nitrogen and oxygen atoms in total. The molecule has 0 aliphatic carbocycles. The van der Waals surface area contributed by atoms with Crippen LogP contribution in [-0.2, 0) is 6.54 Å². The molecule has 9 aromatic carbocycles. The van der Waals surface area contributed by atoms with Crippen molar-refractivity contribution >= 4 is 60.3 Å². The molecule has 0 saturated carbocycles. The normalized spacial score (nSPS) is 10.8. The maximum absolute atomic E-state index is 8.47. The van der Waals surface area contributed by atoms with Crippen LogP contribution in [0.25, 0.3) is 70.9 Å². The van der Waals surface area contributed by atoms with Gasteiger partial charge < -0.3 is 15.7 Å². The molecule has 10 rings (SSSR count). The van der Waals surface area contributed by atoms with Crippen LogP contribution in [0.3, 0.4) is 0 Å². The van der Waals surface area contributed by atoms with Crippen LogP contribution < -0.4 is 5.73 Å². The van der Waals surface area contributed by atoms with E-state index in [9.17, 15) is 0 Å². The number of aryl methyl sites for hydroxylation is 1. The van der Waals surface area contributed by atoms with Crippen molar-refractivity contribution in [2.75, 3.05) is 0 Å². The Morgan fingerprint density at radius 3 is 1.62 bits per heavy atom. The highest BCUT2D eigenvalue weighted by molar-refractivity contribution is 6.25. The molecule has 10 aromatic rings. The molecule has 268 valence electrons. The SMILES string of the molecule is Cc1ccc2c3ccccc3c3ccccc3c2c1.N#Cc1cccc(CN)c1.N=Cc1ccc(-c2cccc(-n3c4ccccc4c4ccccc43)c2)cc1. The molecule has 0 radical (unpaired) electrons. The first-order valence-corrected chi connectivity index (χ1v) is 18.7. The van der Waals surface area contributed by atoms with Crippen molar-refractivity contribution < 1.29 is 0 Å². The van der Waals surface area contributed by atoms with E-state index < -0.39 is 0 Å². The fourth-order valence-electron chi connectivity index (χ4n) is 7.59. The van der Waals surface area contributed by atoms with Crippen LogP contribution in [0.2, 0.25) is 0 Å². The monoisotopic (exact) mass is 720 g/mol. The summed E-state index contributed by atoms with van der Waals surface area (Å²) in [5, 5.41) is 26.5. The molecule has 3 N–H and O–H groups in total. The average Bonchev–Trinajstić information content (AvgIpc) is 3.61. The number of nitrogens with two attached hydrogens (primary N) is 1. The summed E-state index contributed by atoms with van der Waals surface area (Å²) in [4.78, 5) is 0. The van der Waals surface area contributed by atoms with Crippen molar-refractivity contribution in [3.63, 3.8) is 0 Å². The lowest BCUT2D eigenvalue weighted by Crippen LogP contribution is -1.95. The zero-order valence-electron chi connectivity index (χ0n) is 31.2. The number of hydrogen-bond acceptors (Lipinski definition) is 3. The van der Waals surface area contributed by atoms with E-state index in [0.29, 0.717) is 12.1 Å². The Labute approximate surface area is 326 Å². The molecule has 0 atom stereocenters. The number of aromatic nitrogens is 1. The van der Waals surface area contributed by atoms with Crippen LogP contribution in [0, 0.1) is 23.7 Å². The molecule has 1 heterocycles. The maximum atomic E-state index is 8.47. The minimum Gasteiger partial charge on any atom is -0.326 e. The van der Waals surface area contributed by atoms with Crippen LogP contribution in [-0.4, -0.2) is 10.8 Å². The summed E-state index contributed by atoms with van der Waals surface area (Å²) in [7, 11) is 0. The molecule has 0 aliphatic heterocycles. The van der Waals surface area contributed by atoms with E-state index in [1.54, 1.807) is 12.1 Å². The number of nitrogens with zero attached hydrogens (tertiary/aromatic N) is 2. The van der Waals surface area contributed by atoms with Crippen molar-refractivity contribution in [2.24, 2.45) is 5.73 Å². The van der Waals surface area contributed by atoms with Gasteiger partial charge in [-0.15, -0.1) is 0 Å². The lowest BCUT2D eigenvalue weighted by Gasteiger charge is -2.10. The van der Waals surface area contributed by atoms with E-state index in [1.807, 2.05) is 30.3 Å². The number of benzene rings is 9. The fraction of sp³-hybridized carbons (Fsp3) is 0.0385. The first-order chi connectivity index (χ1) is 27.6. The van der Waals surface area contributed by atoms with Gasteiger partial charge in [-0.05, 0) is 97.9 Å². The van der Waals surface area contributed by atoms with E-state index in [4.69, 9.17) is 16.4 Å². The number of fused-ring (bicyclic) bond motifs is 9. The summed E-state index contributed by atoms with van der Waals surface area (Å²) in [6, 6.07) is 67.3. The predicted octanol–water partition coefficient (Wildman–Crippen LogP) is 12.9. The van der Waals surface area contributed by atoms with Gasteiger partial charge in [0.05, 0.1) is 22.7 Å². The zero-order chi connectivity index (χ0) is 38.4. The molecular formula is C52H40N4. The van der Waals surface area contributed by atoms with Crippen LogP contribution in [0.15, 0.2) is 188 Å². The molecule has 0 unspecified atom stereocenters. The van der Waals surface area contributed by atoms with Gasteiger partial charge in [0.25, 0.3) is 0 Å². The Kier molecular flexibility index (Phi) is 10.2. The minimum atomic E-state index is 0.496. The van der Waals surface area contributed by atoms with Crippen LogP contribution >= 0.6 is 0 Å². The number of nitrogens with one attached hydrogen (secondary N) is 1. The maximum Gasteiger partial charge on any atom is 0.0991 e. The van der Waals surface area contributed by atoms with E-state index in [2.05, 4.69) is 163 Å².